The fourth-order valence-electron chi connectivity index (χ4n) is 2.66. The van der Waals surface area contributed by atoms with E-state index in [0.717, 1.165) is 24.2 Å². The van der Waals surface area contributed by atoms with Crippen LogP contribution < -0.4 is 10.2 Å². The van der Waals surface area contributed by atoms with Crippen molar-refractivity contribution in [3.63, 3.8) is 0 Å². The zero-order valence-corrected chi connectivity index (χ0v) is 13.1. The summed E-state index contributed by atoms with van der Waals surface area (Å²) >= 11 is 0. The Balaban J connectivity index is 1.99. The van der Waals surface area contributed by atoms with Gasteiger partial charge >= 0.3 is 0 Å². The first-order valence-corrected chi connectivity index (χ1v) is 7.70. The lowest BCUT2D eigenvalue weighted by molar-refractivity contribution is -0.122. The standard InChI is InChI=1S/C17H24N2O2/c1-4-17(21)19-8-7-14-10-13(5-6-15(14)19)11-18-16(20)9-12(2)3/h5-6,10,12H,4,7-9,11H2,1-3H3,(H,18,20). The molecule has 2 rings (SSSR count). The summed E-state index contributed by atoms with van der Waals surface area (Å²) in [6.45, 7) is 7.29. The molecule has 1 aromatic rings. The van der Waals surface area contributed by atoms with Crippen LogP contribution in [0.15, 0.2) is 18.2 Å². The zero-order valence-electron chi connectivity index (χ0n) is 13.1. The van der Waals surface area contributed by atoms with E-state index < -0.39 is 0 Å². The SMILES string of the molecule is CCC(=O)N1CCc2cc(CNC(=O)CC(C)C)ccc21. The second-order valence-electron chi connectivity index (χ2n) is 5.99. The first kappa shape index (κ1) is 15.5. The summed E-state index contributed by atoms with van der Waals surface area (Å²) in [4.78, 5) is 25.4. The molecule has 0 spiro atoms. The number of fused-ring (bicyclic) bond motifs is 1. The second kappa shape index (κ2) is 6.74. The van der Waals surface area contributed by atoms with Gasteiger partial charge in [-0.25, -0.2) is 0 Å². The third kappa shape index (κ3) is 3.84. The maximum absolute atomic E-state index is 11.8. The smallest absolute Gasteiger partial charge is 0.226 e. The molecule has 1 N–H and O–H groups in total. The minimum atomic E-state index is 0.0910. The van der Waals surface area contributed by atoms with Crippen molar-refractivity contribution in [2.75, 3.05) is 11.4 Å². The van der Waals surface area contributed by atoms with Crippen molar-refractivity contribution in [1.82, 2.24) is 5.32 Å². The summed E-state index contributed by atoms with van der Waals surface area (Å²) in [7, 11) is 0. The van der Waals surface area contributed by atoms with Crippen LogP contribution >= 0.6 is 0 Å². The van der Waals surface area contributed by atoms with Gasteiger partial charge in [-0.3, -0.25) is 9.59 Å². The summed E-state index contributed by atoms with van der Waals surface area (Å²) < 4.78 is 0. The maximum atomic E-state index is 11.8. The lowest BCUT2D eigenvalue weighted by Gasteiger charge is -2.16. The molecule has 21 heavy (non-hydrogen) atoms. The van der Waals surface area contributed by atoms with Crippen molar-refractivity contribution < 1.29 is 9.59 Å². The quantitative estimate of drug-likeness (QED) is 0.905. The number of benzene rings is 1. The van der Waals surface area contributed by atoms with Gasteiger partial charge in [-0.15, -0.1) is 0 Å². The molecule has 0 radical (unpaired) electrons. The van der Waals surface area contributed by atoms with Crippen LogP contribution in [0, 0.1) is 5.92 Å². The van der Waals surface area contributed by atoms with E-state index in [9.17, 15) is 9.59 Å². The molecule has 0 aromatic heterocycles. The molecular weight excluding hydrogens is 264 g/mol. The topological polar surface area (TPSA) is 49.4 Å². The van der Waals surface area contributed by atoms with Crippen molar-refractivity contribution in [3.05, 3.63) is 29.3 Å². The highest BCUT2D eigenvalue weighted by atomic mass is 16.2. The van der Waals surface area contributed by atoms with E-state index in [0.29, 0.717) is 25.3 Å². The van der Waals surface area contributed by atoms with Gasteiger partial charge in [0.05, 0.1) is 0 Å². The molecule has 1 aliphatic rings. The van der Waals surface area contributed by atoms with Gasteiger partial charge in [0.2, 0.25) is 11.8 Å². The van der Waals surface area contributed by atoms with Crippen LogP contribution in [0.5, 0.6) is 0 Å². The summed E-state index contributed by atoms with van der Waals surface area (Å²) in [5, 5.41) is 2.95. The van der Waals surface area contributed by atoms with E-state index in [1.54, 1.807) is 0 Å². The van der Waals surface area contributed by atoms with Gasteiger partial charge in [-0.2, -0.15) is 0 Å². The van der Waals surface area contributed by atoms with E-state index >= 15 is 0 Å². The second-order valence-corrected chi connectivity index (χ2v) is 5.99. The Labute approximate surface area is 126 Å². The number of anilines is 1. The fraction of sp³-hybridized carbons (Fsp3) is 0.529. The molecule has 1 aliphatic heterocycles. The van der Waals surface area contributed by atoms with Crippen molar-refractivity contribution in [3.8, 4) is 0 Å². The highest BCUT2D eigenvalue weighted by Gasteiger charge is 2.23. The van der Waals surface area contributed by atoms with Crippen LogP contribution in [-0.2, 0) is 22.6 Å². The molecule has 0 bridgehead atoms. The van der Waals surface area contributed by atoms with Crippen LogP contribution in [0.4, 0.5) is 5.69 Å². The molecule has 0 saturated heterocycles. The zero-order chi connectivity index (χ0) is 15.4. The monoisotopic (exact) mass is 288 g/mol. The molecule has 4 nitrogen and oxygen atoms in total. The summed E-state index contributed by atoms with van der Waals surface area (Å²) in [6.07, 6.45) is 1.99. The van der Waals surface area contributed by atoms with Crippen molar-refractivity contribution in [1.29, 1.82) is 0 Å². The molecule has 2 amide bonds. The van der Waals surface area contributed by atoms with Crippen molar-refractivity contribution in [2.24, 2.45) is 5.92 Å². The van der Waals surface area contributed by atoms with E-state index in [4.69, 9.17) is 0 Å². The predicted molar refractivity (Wildman–Crippen MR) is 84.1 cm³/mol. The first-order valence-electron chi connectivity index (χ1n) is 7.70. The van der Waals surface area contributed by atoms with Gasteiger partial charge in [0.15, 0.2) is 0 Å². The third-order valence-electron chi connectivity index (χ3n) is 3.73. The number of amides is 2. The molecular formula is C17H24N2O2. The number of nitrogens with zero attached hydrogens (tertiary/aromatic N) is 1. The Morgan fingerprint density at radius 1 is 1.33 bits per heavy atom. The van der Waals surface area contributed by atoms with Gasteiger partial charge in [0.1, 0.15) is 0 Å². The number of nitrogens with one attached hydrogen (secondary N) is 1. The van der Waals surface area contributed by atoms with Gasteiger partial charge in [-0.1, -0.05) is 32.9 Å². The molecule has 1 heterocycles. The Morgan fingerprint density at radius 3 is 2.76 bits per heavy atom. The number of rotatable bonds is 5. The normalized spacial score (nSPS) is 13.4. The molecule has 0 aliphatic carbocycles. The maximum Gasteiger partial charge on any atom is 0.226 e. The fourth-order valence-corrected chi connectivity index (χ4v) is 2.66. The average Bonchev–Trinajstić information content (AvgIpc) is 2.86. The number of carbonyl (C=O) groups is 2. The van der Waals surface area contributed by atoms with E-state index in [-0.39, 0.29) is 11.8 Å². The minimum absolute atomic E-state index is 0.0910. The Kier molecular flexibility index (Phi) is 4.99. The van der Waals surface area contributed by atoms with Crippen molar-refractivity contribution >= 4 is 17.5 Å². The van der Waals surface area contributed by atoms with Crippen molar-refractivity contribution in [2.45, 2.75) is 46.6 Å². The Morgan fingerprint density at radius 2 is 2.10 bits per heavy atom. The summed E-state index contributed by atoms with van der Waals surface area (Å²) in [5.41, 5.74) is 3.32. The Bertz CT molecular complexity index is 538. The molecule has 0 saturated carbocycles. The highest BCUT2D eigenvalue weighted by Crippen LogP contribution is 2.29. The largest absolute Gasteiger partial charge is 0.352 e. The molecule has 4 heteroatoms. The average molecular weight is 288 g/mol. The van der Waals surface area contributed by atoms with Gasteiger partial charge in [0, 0.05) is 31.6 Å². The lowest BCUT2D eigenvalue weighted by atomic mass is 10.1. The first-order chi connectivity index (χ1) is 10.0. The van der Waals surface area contributed by atoms with Gasteiger partial charge in [0.25, 0.3) is 0 Å². The van der Waals surface area contributed by atoms with E-state index in [1.807, 2.05) is 37.8 Å². The molecule has 0 atom stereocenters. The third-order valence-corrected chi connectivity index (χ3v) is 3.73. The van der Waals surface area contributed by atoms with Crippen LogP contribution in [-0.4, -0.2) is 18.4 Å². The Hall–Kier alpha value is -1.84. The predicted octanol–water partition coefficient (Wildman–Crippen LogP) is 2.65. The van der Waals surface area contributed by atoms with E-state index in [1.165, 1.54) is 5.56 Å². The number of hydrogen-bond acceptors (Lipinski definition) is 2. The molecule has 0 fully saturated rings. The minimum Gasteiger partial charge on any atom is -0.352 e. The van der Waals surface area contributed by atoms with E-state index in [2.05, 4.69) is 11.4 Å². The molecule has 114 valence electrons. The van der Waals surface area contributed by atoms with Crippen LogP contribution in [0.2, 0.25) is 0 Å². The number of hydrogen-bond donors (Lipinski definition) is 1. The summed E-state index contributed by atoms with van der Waals surface area (Å²) in [6, 6.07) is 6.10. The lowest BCUT2D eigenvalue weighted by Crippen LogP contribution is -2.27. The van der Waals surface area contributed by atoms with Crippen LogP contribution in [0.1, 0.15) is 44.7 Å². The van der Waals surface area contributed by atoms with Crippen LogP contribution in [0.3, 0.4) is 0 Å². The van der Waals surface area contributed by atoms with Crippen LogP contribution in [0.25, 0.3) is 0 Å². The number of carbonyl (C=O) groups excluding carboxylic acids is 2. The van der Waals surface area contributed by atoms with Gasteiger partial charge in [-0.05, 0) is 29.5 Å². The van der Waals surface area contributed by atoms with Gasteiger partial charge < -0.3 is 10.2 Å². The highest BCUT2D eigenvalue weighted by molar-refractivity contribution is 5.95. The molecule has 1 aromatic carbocycles. The molecule has 0 unspecified atom stereocenters. The summed E-state index contributed by atoms with van der Waals surface area (Å²) in [5.74, 6) is 0.638.